The lowest BCUT2D eigenvalue weighted by atomic mass is 10.2. The van der Waals surface area contributed by atoms with Crippen LogP contribution in [0.1, 0.15) is 5.89 Å². The van der Waals surface area contributed by atoms with Crippen LogP contribution in [-0.2, 0) is 16.1 Å². The van der Waals surface area contributed by atoms with Crippen LogP contribution in [0, 0.1) is 0 Å². The molecule has 6 nitrogen and oxygen atoms in total. The molecule has 0 aliphatic carbocycles. The van der Waals surface area contributed by atoms with Gasteiger partial charge in [-0.25, -0.2) is 0 Å². The van der Waals surface area contributed by atoms with Gasteiger partial charge < -0.3 is 14.2 Å². The van der Waals surface area contributed by atoms with Gasteiger partial charge in [-0.3, -0.25) is 4.79 Å². The van der Waals surface area contributed by atoms with Crippen molar-refractivity contribution in [2.24, 2.45) is 0 Å². The van der Waals surface area contributed by atoms with Crippen molar-refractivity contribution in [1.82, 2.24) is 15.0 Å². The Bertz CT molecular complexity index is 583. The largest absolute Gasteiger partial charge is 0.375 e. The van der Waals surface area contributed by atoms with E-state index in [0.29, 0.717) is 16.7 Å². The molecule has 106 valence electrons. The van der Waals surface area contributed by atoms with Gasteiger partial charge >= 0.3 is 0 Å². The minimum absolute atomic E-state index is 0.0225. The van der Waals surface area contributed by atoms with E-state index in [2.05, 4.69) is 10.1 Å². The highest BCUT2D eigenvalue weighted by Crippen LogP contribution is 2.18. The van der Waals surface area contributed by atoms with Crippen LogP contribution in [0.5, 0.6) is 0 Å². The zero-order valence-electron chi connectivity index (χ0n) is 11.2. The van der Waals surface area contributed by atoms with E-state index in [1.165, 1.54) is 12.0 Å². The highest BCUT2D eigenvalue weighted by atomic mass is 35.5. The van der Waals surface area contributed by atoms with Crippen molar-refractivity contribution in [3.8, 4) is 11.4 Å². The Kier molecular flexibility index (Phi) is 4.70. The first-order valence-electron chi connectivity index (χ1n) is 5.91. The summed E-state index contributed by atoms with van der Waals surface area (Å²) in [6.07, 6.45) is 0. The molecule has 0 bridgehead atoms. The maximum atomic E-state index is 11.6. The molecule has 0 unspecified atom stereocenters. The minimum Gasteiger partial charge on any atom is -0.375 e. The average Bonchev–Trinajstić information content (AvgIpc) is 2.88. The van der Waals surface area contributed by atoms with E-state index in [9.17, 15) is 4.79 Å². The second kappa shape index (κ2) is 6.49. The van der Waals surface area contributed by atoms with E-state index in [1.54, 1.807) is 31.3 Å². The molecule has 0 N–H and O–H groups in total. The lowest BCUT2D eigenvalue weighted by Crippen LogP contribution is -2.29. The fourth-order valence-electron chi connectivity index (χ4n) is 1.56. The Labute approximate surface area is 121 Å². The van der Waals surface area contributed by atoms with Crippen molar-refractivity contribution in [1.29, 1.82) is 0 Å². The first-order valence-corrected chi connectivity index (χ1v) is 6.29. The first kappa shape index (κ1) is 14.5. The monoisotopic (exact) mass is 295 g/mol. The van der Waals surface area contributed by atoms with Gasteiger partial charge in [0, 0.05) is 24.7 Å². The van der Waals surface area contributed by atoms with Gasteiger partial charge in [-0.15, -0.1) is 0 Å². The number of methoxy groups -OCH3 is 1. The summed E-state index contributed by atoms with van der Waals surface area (Å²) in [6.45, 7) is 0.261. The lowest BCUT2D eigenvalue weighted by molar-refractivity contribution is -0.134. The minimum atomic E-state index is -0.154. The van der Waals surface area contributed by atoms with Gasteiger partial charge in [0.15, 0.2) is 0 Å². The van der Waals surface area contributed by atoms with Crippen molar-refractivity contribution in [2.75, 3.05) is 20.8 Å². The third-order valence-corrected chi connectivity index (χ3v) is 2.89. The van der Waals surface area contributed by atoms with E-state index >= 15 is 0 Å². The van der Waals surface area contributed by atoms with Crippen LogP contribution in [0.25, 0.3) is 11.4 Å². The number of likely N-dealkylation sites (N-methyl/N-ethyl adjacent to an activating group) is 1. The molecule has 7 heteroatoms. The molecule has 0 spiro atoms. The summed E-state index contributed by atoms with van der Waals surface area (Å²) < 4.78 is 9.90. The summed E-state index contributed by atoms with van der Waals surface area (Å²) in [4.78, 5) is 17.3. The van der Waals surface area contributed by atoms with Crippen molar-refractivity contribution in [3.63, 3.8) is 0 Å². The van der Waals surface area contributed by atoms with Crippen LogP contribution in [0.2, 0.25) is 5.02 Å². The number of carbonyl (C=O) groups excluding carboxylic acids is 1. The molecule has 1 heterocycles. The second-order valence-corrected chi connectivity index (χ2v) is 4.64. The van der Waals surface area contributed by atoms with Gasteiger partial charge in [-0.05, 0) is 24.3 Å². The highest BCUT2D eigenvalue weighted by molar-refractivity contribution is 6.30. The maximum absolute atomic E-state index is 11.6. The molecule has 0 radical (unpaired) electrons. The van der Waals surface area contributed by atoms with E-state index < -0.39 is 0 Å². The zero-order chi connectivity index (χ0) is 14.5. The zero-order valence-corrected chi connectivity index (χ0v) is 11.9. The van der Waals surface area contributed by atoms with Crippen molar-refractivity contribution >= 4 is 17.5 Å². The standard InChI is InChI=1S/C13H14ClN3O3/c1-17(12(18)8-19-2)7-11-15-13(16-20-11)9-3-5-10(14)6-4-9/h3-6H,7-8H2,1-2H3. The van der Waals surface area contributed by atoms with Gasteiger partial charge in [0.2, 0.25) is 17.6 Å². The fraction of sp³-hybridized carbons (Fsp3) is 0.308. The van der Waals surface area contributed by atoms with Crippen LogP contribution in [-0.4, -0.2) is 41.7 Å². The molecule has 20 heavy (non-hydrogen) atoms. The van der Waals surface area contributed by atoms with Gasteiger partial charge in [-0.1, -0.05) is 16.8 Å². The van der Waals surface area contributed by atoms with Crippen molar-refractivity contribution in [2.45, 2.75) is 6.54 Å². The molecule has 2 aromatic rings. The molecule has 0 fully saturated rings. The van der Waals surface area contributed by atoms with Crippen LogP contribution in [0.15, 0.2) is 28.8 Å². The molecule has 1 amide bonds. The van der Waals surface area contributed by atoms with E-state index in [0.717, 1.165) is 5.56 Å². The van der Waals surface area contributed by atoms with Gasteiger partial charge in [0.1, 0.15) is 6.61 Å². The summed E-state index contributed by atoms with van der Waals surface area (Å²) >= 11 is 5.82. The maximum Gasteiger partial charge on any atom is 0.248 e. The summed E-state index contributed by atoms with van der Waals surface area (Å²) in [5.74, 6) is 0.671. The predicted octanol–water partition coefficient (Wildman–Crippen LogP) is 1.99. The molecule has 0 saturated heterocycles. The predicted molar refractivity (Wildman–Crippen MR) is 73.1 cm³/mol. The van der Waals surface area contributed by atoms with Gasteiger partial charge in [0.05, 0.1) is 6.54 Å². The Hall–Kier alpha value is -1.92. The summed E-state index contributed by atoms with van der Waals surface area (Å²) in [6, 6.07) is 7.11. The number of ether oxygens (including phenoxy) is 1. The number of nitrogens with zero attached hydrogens (tertiary/aromatic N) is 3. The first-order chi connectivity index (χ1) is 9.60. The van der Waals surface area contributed by atoms with Gasteiger partial charge in [0.25, 0.3) is 0 Å². The quantitative estimate of drug-likeness (QED) is 0.844. The Morgan fingerprint density at radius 1 is 1.40 bits per heavy atom. The highest BCUT2D eigenvalue weighted by Gasteiger charge is 2.14. The number of aromatic nitrogens is 2. The lowest BCUT2D eigenvalue weighted by Gasteiger charge is -2.13. The molecular formula is C13H14ClN3O3. The third-order valence-electron chi connectivity index (χ3n) is 2.64. The van der Waals surface area contributed by atoms with Crippen LogP contribution in [0.3, 0.4) is 0 Å². The molecule has 0 atom stereocenters. The number of rotatable bonds is 5. The molecular weight excluding hydrogens is 282 g/mol. The van der Waals surface area contributed by atoms with Crippen molar-refractivity contribution < 1.29 is 14.1 Å². The second-order valence-electron chi connectivity index (χ2n) is 4.20. The van der Waals surface area contributed by atoms with E-state index in [4.69, 9.17) is 20.9 Å². The molecule has 1 aromatic heterocycles. The molecule has 1 aromatic carbocycles. The summed E-state index contributed by atoms with van der Waals surface area (Å²) in [5, 5.41) is 4.52. The number of hydrogen-bond acceptors (Lipinski definition) is 5. The molecule has 0 saturated carbocycles. The third kappa shape index (κ3) is 3.55. The summed E-state index contributed by atoms with van der Waals surface area (Å²) in [5.41, 5.74) is 0.801. The normalized spacial score (nSPS) is 10.6. The topological polar surface area (TPSA) is 68.5 Å². The van der Waals surface area contributed by atoms with E-state index in [-0.39, 0.29) is 19.1 Å². The molecule has 0 aliphatic rings. The van der Waals surface area contributed by atoms with Gasteiger partial charge in [-0.2, -0.15) is 4.98 Å². The van der Waals surface area contributed by atoms with Crippen LogP contribution in [0.4, 0.5) is 0 Å². The number of hydrogen-bond donors (Lipinski definition) is 0. The van der Waals surface area contributed by atoms with E-state index in [1.807, 2.05) is 0 Å². The Morgan fingerprint density at radius 3 is 2.75 bits per heavy atom. The number of carbonyl (C=O) groups is 1. The SMILES string of the molecule is COCC(=O)N(C)Cc1nc(-c2ccc(Cl)cc2)no1. The number of amides is 1. The van der Waals surface area contributed by atoms with Crippen molar-refractivity contribution in [3.05, 3.63) is 35.2 Å². The summed E-state index contributed by atoms with van der Waals surface area (Å²) in [7, 11) is 3.12. The molecule has 0 aliphatic heterocycles. The average molecular weight is 296 g/mol. The fourth-order valence-corrected chi connectivity index (χ4v) is 1.69. The number of halogens is 1. The number of benzene rings is 1. The van der Waals surface area contributed by atoms with Crippen LogP contribution < -0.4 is 0 Å². The molecule has 2 rings (SSSR count). The van der Waals surface area contributed by atoms with Crippen LogP contribution >= 0.6 is 11.6 Å². The Balaban J connectivity index is 2.05. The Morgan fingerprint density at radius 2 is 2.10 bits per heavy atom. The smallest absolute Gasteiger partial charge is 0.248 e.